The molecule has 0 N–H and O–H groups in total. The van der Waals surface area contributed by atoms with Gasteiger partial charge >= 0.3 is 0 Å². The maximum Gasteiger partial charge on any atom is 0.228 e. The monoisotopic (exact) mass is 476 g/mol. The van der Waals surface area contributed by atoms with Gasteiger partial charge < -0.3 is 4.74 Å². The predicted molar refractivity (Wildman–Crippen MR) is 152 cm³/mol. The fourth-order valence-corrected chi connectivity index (χ4v) is 7.77. The molecule has 176 valence electrons. The van der Waals surface area contributed by atoms with Crippen LogP contribution in [0.15, 0.2) is 54.7 Å². The summed E-state index contributed by atoms with van der Waals surface area (Å²) < 4.78 is 9.29. The summed E-state index contributed by atoms with van der Waals surface area (Å²) in [5.74, 6) is 2.37. The zero-order valence-corrected chi connectivity index (χ0v) is 23.1. The van der Waals surface area contributed by atoms with Crippen molar-refractivity contribution in [3.05, 3.63) is 71.4 Å². The highest BCUT2D eigenvalue weighted by molar-refractivity contribution is 6.90. The molecule has 0 saturated heterocycles. The molecule has 1 aliphatic rings. The molecule has 0 bridgehead atoms. The molecule has 1 aromatic heterocycles. The predicted octanol–water partition coefficient (Wildman–Crippen LogP) is 8.03. The minimum absolute atomic E-state index is 0.346. The standard InChI is InChI=1S/C32H34NOSi/c1-18(2)28-22-13-12-19(3)16-24(22)20(4)29-31-30-23(14-15-33(31)5)21-10-9-11-27(35(6,7)8)25(21)17-26(30)34-32(28)29/h9-18H,1-8H3/q+1. The lowest BCUT2D eigenvalue weighted by atomic mass is 9.84. The normalized spacial score (nSPS) is 13.1. The minimum atomic E-state index is -1.54. The van der Waals surface area contributed by atoms with Crippen molar-refractivity contribution in [3.63, 3.8) is 0 Å². The molecule has 0 fully saturated rings. The van der Waals surface area contributed by atoms with E-state index in [-0.39, 0.29) is 0 Å². The van der Waals surface area contributed by atoms with E-state index in [9.17, 15) is 0 Å². The largest absolute Gasteiger partial charge is 0.455 e. The van der Waals surface area contributed by atoms with E-state index in [4.69, 9.17) is 4.74 Å². The molecule has 0 saturated carbocycles. The van der Waals surface area contributed by atoms with Gasteiger partial charge in [-0.1, -0.05) is 80.6 Å². The quantitative estimate of drug-likeness (QED) is 0.140. The zero-order valence-electron chi connectivity index (χ0n) is 22.1. The Morgan fingerprint density at radius 2 is 1.60 bits per heavy atom. The third kappa shape index (κ3) is 3.11. The molecule has 0 amide bonds. The second-order valence-corrected chi connectivity index (χ2v) is 16.7. The second kappa shape index (κ2) is 7.41. The summed E-state index contributed by atoms with van der Waals surface area (Å²) in [7, 11) is 0.633. The summed E-state index contributed by atoms with van der Waals surface area (Å²) in [4.78, 5) is 0. The molecule has 0 aliphatic carbocycles. The fourth-order valence-electron chi connectivity index (χ4n) is 6.16. The smallest absolute Gasteiger partial charge is 0.228 e. The van der Waals surface area contributed by atoms with Crippen LogP contribution in [0, 0.1) is 13.8 Å². The average Bonchev–Trinajstić information content (AvgIpc) is 2.79. The van der Waals surface area contributed by atoms with Crippen molar-refractivity contribution >= 4 is 45.6 Å². The van der Waals surface area contributed by atoms with Crippen LogP contribution in [0.2, 0.25) is 19.6 Å². The molecule has 0 radical (unpaired) electrons. The number of benzene rings is 4. The molecule has 35 heavy (non-hydrogen) atoms. The number of nitrogens with zero attached hydrogens (tertiary/aromatic N) is 1. The molecule has 6 rings (SSSR count). The first-order valence-corrected chi connectivity index (χ1v) is 16.2. The first-order valence-electron chi connectivity index (χ1n) is 12.7. The Labute approximate surface area is 209 Å². The van der Waals surface area contributed by atoms with Crippen molar-refractivity contribution in [2.75, 3.05) is 0 Å². The summed E-state index contributed by atoms with van der Waals surface area (Å²) in [6.07, 6.45) is 2.23. The van der Waals surface area contributed by atoms with Gasteiger partial charge in [-0.15, -0.1) is 0 Å². The van der Waals surface area contributed by atoms with Crippen molar-refractivity contribution < 1.29 is 9.30 Å². The van der Waals surface area contributed by atoms with E-state index >= 15 is 0 Å². The van der Waals surface area contributed by atoms with E-state index in [0.717, 1.165) is 11.5 Å². The maximum absolute atomic E-state index is 6.99. The van der Waals surface area contributed by atoms with Gasteiger partial charge in [-0.25, -0.2) is 4.57 Å². The lowest BCUT2D eigenvalue weighted by molar-refractivity contribution is -0.659. The van der Waals surface area contributed by atoms with Crippen LogP contribution in [-0.2, 0) is 7.05 Å². The third-order valence-electron chi connectivity index (χ3n) is 7.79. The van der Waals surface area contributed by atoms with E-state index < -0.39 is 8.07 Å². The topological polar surface area (TPSA) is 13.1 Å². The summed E-state index contributed by atoms with van der Waals surface area (Å²) in [5.41, 5.74) is 6.41. The molecule has 0 atom stereocenters. The van der Waals surface area contributed by atoms with Gasteiger partial charge in [-0.3, -0.25) is 0 Å². The van der Waals surface area contributed by atoms with Gasteiger partial charge in [0.2, 0.25) is 5.69 Å². The van der Waals surface area contributed by atoms with Crippen molar-refractivity contribution in [3.8, 4) is 22.8 Å². The lowest BCUT2D eigenvalue weighted by Gasteiger charge is -2.28. The Bertz CT molecular complexity index is 1710. The van der Waals surface area contributed by atoms with Crippen molar-refractivity contribution in [1.82, 2.24) is 0 Å². The van der Waals surface area contributed by atoms with Gasteiger partial charge in [0.25, 0.3) is 0 Å². The first kappa shape index (κ1) is 22.3. The van der Waals surface area contributed by atoms with E-state index in [0.29, 0.717) is 5.92 Å². The van der Waals surface area contributed by atoms with Crippen LogP contribution in [0.25, 0.3) is 43.6 Å². The molecule has 3 heteroatoms. The SMILES string of the molecule is Cc1ccc2c(C(C)C)c3c(c(C)c2c1)-c1c2c(cc4c([Si](C)(C)C)cccc4c2cc[n+]1C)O3. The second-order valence-electron chi connectivity index (χ2n) is 11.6. The van der Waals surface area contributed by atoms with E-state index in [1.165, 1.54) is 65.5 Å². The molecule has 1 aliphatic heterocycles. The van der Waals surface area contributed by atoms with Gasteiger partial charge in [0.1, 0.15) is 18.5 Å². The molecule has 0 spiro atoms. The molecule has 2 nitrogen and oxygen atoms in total. The van der Waals surface area contributed by atoms with Crippen LogP contribution in [-0.4, -0.2) is 8.07 Å². The van der Waals surface area contributed by atoms with E-state index in [2.05, 4.69) is 114 Å². The molecular formula is C32H34NOSi+. The van der Waals surface area contributed by atoms with Crippen LogP contribution in [0.1, 0.15) is 36.5 Å². The summed E-state index contributed by atoms with van der Waals surface area (Å²) in [6, 6.07) is 18.3. The number of aryl methyl sites for hydroxylation is 3. The van der Waals surface area contributed by atoms with Gasteiger partial charge in [0.05, 0.1) is 19.0 Å². The highest BCUT2D eigenvalue weighted by Gasteiger charge is 2.34. The zero-order chi connectivity index (χ0) is 24.8. The number of rotatable bonds is 2. The Balaban J connectivity index is 1.84. The van der Waals surface area contributed by atoms with Gasteiger partial charge in [-0.2, -0.15) is 0 Å². The lowest BCUT2D eigenvalue weighted by Crippen LogP contribution is -2.38. The van der Waals surface area contributed by atoms with Crippen LogP contribution in [0.4, 0.5) is 0 Å². The highest BCUT2D eigenvalue weighted by atomic mass is 28.3. The fraction of sp³-hybridized carbons (Fsp3) is 0.281. The Hall–Kier alpha value is -3.17. The maximum atomic E-state index is 6.99. The van der Waals surface area contributed by atoms with E-state index in [1.54, 1.807) is 0 Å². The third-order valence-corrected chi connectivity index (χ3v) is 9.84. The molecule has 4 aromatic carbocycles. The summed E-state index contributed by atoms with van der Waals surface area (Å²) >= 11 is 0. The van der Waals surface area contributed by atoms with Crippen molar-refractivity contribution in [2.45, 2.75) is 53.3 Å². The Morgan fingerprint density at radius 3 is 2.31 bits per heavy atom. The van der Waals surface area contributed by atoms with Gasteiger partial charge in [0.15, 0.2) is 6.20 Å². The van der Waals surface area contributed by atoms with Crippen LogP contribution in [0.5, 0.6) is 11.5 Å². The van der Waals surface area contributed by atoms with Crippen molar-refractivity contribution in [2.24, 2.45) is 7.05 Å². The van der Waals surface area contributed by atoms with Crippen LogP contribution in [0.3, 0.4) is 0 Å². The first-order chi connectivity index (χ1) is 16.6. The highest BCUT2D eigenvalue weighted by Crippen LogP contribution is 2.53. The van der Waals surface area contributed by atoms with Crippen LogP contribution >= 0.6 is 0 Å². The van der Waals surface area contributed by atoms with Gasteiger partial charge in [0, 0.05) is 17.0 Å². The molecule has 2 heterocycles. The number of pyridine rings is 1. The van der Waals surface area contributed by atoms with Crippen LogP contribution < -0.4 is 14.5 Å². The average molecular weight is 477 g/mol. The molecule has 0 unspecified atom stereocenters. The number of aromatic nitrogens is 1. The minimum Gasteiger partial charge on any atom is -0.455 e. The number of fused-ring (bicyclic) bond motifs is 5. The Morgan fingerprint density at radius 1 is 0.829 bits per heavy atom. The van der Waals surface area contributed by atoms with E-state index in [1.807, 2.05) is 0 Å². The summed E-state index contributed by atoms with van der Waals surface area (Å²) in [6.45, 7) is 16.3. The number of ether oxygens (including phenoxy) is 1. The molecular weight excluding hydrogens is 442 g/mol. The summed E-state index contributed by atoms with van der Waals surface area (Å²) in [5, 5.41) is 9.32. The Kier molecular flexibility index (Phi) is 4.72. The number of hydrogen-bond donors (Lipinski definition) is 0. The van der Waals surface area contributed by atoms with Crippen molar-refractivity contribution in [1.29, 1.82) is 0 Å². The van der Waals surface area contributed by atoms with Gasteiger partial charge in [-0.05, 0) is 52.9 Å². The molecule has 5 aromatic rings. The number of hydrogen-bond acceptors (Lipinski definition) is 1.